The minimum atomic E-state index is -0.396. The van der Waals surface area contributed by atoms with E-state index in [1.54, 1.807) is 18.5 Å². The molecule has 26 heavy (non-hydrogen) atoms. The van der Waals surface area contributed by atoms with Crippen LogP contribution in [0.4, 0.5) is 11.6 Å². The quantitative estimate of drug-likeness (QED) is 0.773. The first-order valence-corrected chi connectivity index (χ1v) is 9.55. The van der Waals surface area contributed by atoms with E-state index < -0.39 is 5.41 Å². The van der Waals surface area contributed by atoms with E-state index in [2.05, 4.69) is 14.9 Å². The van der Waals surface area contributed by atoms with Gasteiger partial charge in [-0.05, 0) is 43.9 Å². The number of rotatable bonds is 2. The van der Waals surface area contributed by atoms with Crippen LogP contribution >= 0.6 is 23.2 Å². The van der Waals surface area contributed by atoms with Crippen LogP contribution in [0.3, 0.4) is 0 Å². The number of piperidine rings is 1. The first-order chi connectivity index (χ1) is 12.5. The zero-order valence-corrected chi connectivity index (χ0v) is 16.1. The van der Waals surface area contributed by atoms with Crippen LogP contribution in [0.5, 0.6) is 0 Å². The van der Waals surface area contributed by atoms with Gasteiger partial charge in [0, 0.05) is 32.0 Å². The fourth-order valence-corrected chi connectivity index (χ4v) is 4.61. The summed E-state index contributed by atoms with van der Waals surface area (Å²) in [6.45, 7) is 4.16. The van der Waals surface area contributed by atoms with Gasteiger partial charge < -0.3 is 4.90 Å². The summed E-state index contributed by atoms with van der Waals surface area (Å²) in [7, 11) is 0. The minimum absolute atomic E-state index is 0.161. The van der Waals surface area contributed by atoms with Crippen molar-refractivity contribution in [3.63, 3.8) is 0 Å². The molecular weight excluding hydrogens is 371 g/mol. The van der Waals surface area contributed by atoms with Gasteiger partial charge in [-0.2, -0.15) is 0 Å². The van der Waals surface area contributed by atoms with Gasteiger partial charge >= 0.3 is 0 Å². The predicted octanol–water partition coefficient (Wildman–Crippen LogP) is 4.12. The van der Waals surface area contributed by atoms with Gasteiger partial charge in [0.1, 0.15) is 11.6 Å². The van der Waals surface area contributed by atoms with E-state index in [4.69, 9.17) is 23.2 Å². The molecule has 5 nitrogen and oxygen atoms in total. The maximum atomic E-state index is 13.3. The fraction of sp³-hybridized carbons (Fsp3) is 0.421. The first kappa shape index (κ1) is 17.6. The number of nitrogens with zero attached hydrogens (tertiary/aromatic N) is 4. The second-order valence-electron chi connectivity index (χ2n) is 7.12. The molecule has 0 aromatic carbocycles. The number of halogens is 2. The molecule has 1 amide bonds. The van der Waals surface area contributed by atoms with Crippen LogP contribution in [0.2, 0.25) is 10.0 Å². The lowest BCUT2D eigenvalue weighted by atomic mass is 9.78. The molecule has 136 valence electrons. The number of pyridine rings is 2. The summed E-state index contributed by atoms with van der Waals surface area (Å²) in [5.41, 5.74) is 0.625. The summed E-state index contributed by atoms with van der Waals surface area (Å²) in [6, 6.07) is 5.59. The number of amides is 1. The van der Waals surface area contributed by atoms with E-state index >= 15 is 0 Å². The molecular formula is C19H20Cl2N4O. The van der Waals surface area contributed by atoms with Gasteiger partial charge in [-0.3, -0.25) is 9.69 Å². The number of carbonyl (C=O) groups excluding carboxylic acids is 1. The average molecular weight is 391 g/mol. The van der Waals surface area contributed by atoms with Gasteiger partial charge in [0.05, 0.1) is 15.5 Å². The van der Waals surface area contributed by atoms with Gasteiger partial charge in [0.2, 0.25) is 5.91 Å². The SMILES string of the molecule is Cc1cccnc1N1CC[C@]2(CCCN(c3ncc(Cl)cc3Cl)C2)C1=O. The lowest BCUT2D eigenvalue weighted by molar-refractivity contribution is -0.126. The lowest BCUT2D eigenvalue weighted by Crippen LogP contribution is -2.48. The van der Waals surface area contributed by atoms with E-state index in [1.807, 2.05) is 24.0 Å². The molecule has 0 saturated carbocycles. The summed E-state index contributed by atoms with van der Waals surface area (Å²) in [4.78, 5) is 26.1. The number of hydrogen-bond donors (Lipinski definition) is 0. The second kappa shape index (κ2) is 6.71. The molecule has 2 saturated heterocycles. The Morgan fingerprint density at radius 3 is 2.77 bits per heavy atom. The van der Waals surface area contributed by atoms with Crippen LogP contribution in [0.25, 0.3) is 0 Å². The molecule has 2 aromatic rings. The highest BCUT2D eigenvalue weighted by Crippen LogP contribution is 2.43. The van der Waals surface area contributed by atoms with E-state index in [1.165, 1.54) is 0 Å². The van der Waals surface area contributed by atoms with Crippen molar-refractivity contribution in [2.75, 3.05) is 29.4 Å². The molecule has 0 aliphatic carbocycles. The molecule has 7 heteroatoms. The van der Waals surface area contributed by atoms with Crippen LogP contribution < -0.4 is 9.80 Å². The highest BCUT2D eigenvalue weighted by atomic mass is 35.5. The van der Waals surface area contributed by atoms with Crippen molar-refractivity contribution in [2.24, 2.45) is 5.41 Å². The van der Waals surface area contributed by atoms with Crippen molar-refractivity contribution >= 4 is 40.7 Å². The summed E-state index contributed by atoms with van der Waals surface area (Å²) in [5, 5.41) is 1.04. The monoisotopic (exact) mass is 390 g/mol. The number of anilines is 2. The van der Waals surface area contributed by atoms with Crippen molar-refractivity contribution in [3.8, 4) is 0 Å². The maximum Gasteiger partial charge on any atom is 0.236 e. The molecule has 1 atom stereocenters. The Labute approximate surface area is 162 Å². The molecule has 2 aliphatic heterocycles. The van der Waals surface area contributed by atoms with E-state index in [0.29, 0.717) is 29.0 Å². The Morgan fingerprint density at radius 2 is 2.00 bits per heavy atom. The third kappa shape index (κ3) is 2.93. The molecule has 0 unspecified atom stereocenters. The fourth-order valence-electron chi connectivity index (χ4n) is 4.11. The molecule has 0 N–H and O–H groups in total. The Kier molecular flexibility index (Phi) is 4.53. The van der Waals surface area contributed by atoms with Crippen molar-refractivity contribution in [1.29, 1.82) is 0 Å². The van der Waals surface area contributed by atoms with Crippen LogP contribution in [-0.4, -0.2) is 35.5 Å². The van der Waals surface area contributed by atoms with Gasteiger partial charge in [0.15, 0.2) is 0 Å². The van der Waals surface area contributed by atoms with Crippen molar-refractivity contribution in [1.82, 2.24) is 9.97 Å². The van der Waals surface area contributed by atoms with Crippen LogP contribution in [0.1, 0.15) is 24.8 Å². The van der Waals surface area contributed by atoms with Gasteiger partial charge in [-0.1, -0.05) is 29.3 Å². The van der Waals surface area contributed by atoms with Crippen molar-refractivity contribution in [3.05, 3.63) is 46.2 Å². The Hall–Kier alpha value is -1.85. The average Bonchev–Trinajstić information content (AvgIpc) is 2.92. The third-order valence-electron chi connectivity index (χ3n) is 5.42. The molecule has 4 rings (SSSR count). The number of aromatic nitrogens is 2. The molecule has 2 aliphatic rings. The van der Waals surface area contributed by atoms with Crippen molar-refractivity contribution < 1.29 is 4.79 Å². The number of hydrogen-bond acceptors (Lipinski definition) is 4. The number of carbonyl (C=O) groups is 1. The summed E-state index contributed by atoms with van der Waals surface area (Å²) in [6.07, 6.45) is 5.98. The zero-order chi connectivity index (χ0) is 18.3. The molecule has 0 bridgehead atoms. The van der Waals surface area contributed by atoms with E-state index in [-0.39, 0.29) is 5.91 Å². The molecule has 2 fully saturated rings. The standard InChI is InChI=1S/C19H20Cl2N4O/c1-13-4-2-7-22-16(13)25-9-6-19(18(25)26)5-3-8-24(12-19)17-15(21)10-14(20)11-23-17/h2,4,7,10-11H,3,5-6,8-9,12H2,1H3/t19-/m0/s1. The van der Waals surface area contributed by atoms with Crippen LogP contribution in [-0.2, 0) is 4.79 Å². The van der Waals surface area contributed by atoms with Gasteiger partial charge in [-0.15, -0.1) is 0 Å². The van der Waals surface area contributed by atoms with Crippen LogP contribution in [0.15, 0.2) is 30.6 Å². The molecule has 0 radical (unpaired) electrons. The summed E-state index contributed by atoms with van der Waals surface area (Å²) < 4.78 is 0. The normalized spacial score (nSPS) is 23.1. The van der Waals surface area contributed by atoms with Gasteiger partial charge in [0.25, 0.3) is 0 Å². The molecule has 4 heterocycles. The highest BCUT2D eigenvalue weighted by Gasteiger charge is 2.50. The third-order valence-corrected chi connectivity index (χ3v) is 5.90. The summed E-state index contributed by atoms with van der Waals surface area (Å²) >= 11 is 12.3. The zero-order valence-electron chi connectivity index (χ0n) is 14.6. The molecule has 1 spiro atoms. The van der Waals surface area contributed by atoms with E-state index in [9.17, 15) is 4.79 Å². The smallest absolute Gasteiger partial charge is 0.236 e. The maximum absolute atomic E-state index is 13.3. The first-order valence-electron chi connectivity index (χ1n) is 8.80. The predicted molar refractivity (Wildman–Crippen MR) is 104 cm³/mol. The summed E-state index contributed by atoms with van der Waals surface area (Å²) in [5.74, 6) is 1.64. The van der Waals surface area contributed by atoms with E-state index in [0.717, 1.165) is 37.2 Å². The van der Waals surface area contributed by atoms with Crippen LogP contribution in [0, 0.1) is 12.3 Å². The highest BCUT2D eigenvalue weighted by molar-refractivity contribution is 6.36. The largest absolute Gasteiger partial charge is 0.354 e. The Bertz CT molecular complexity index is 859. The second-order valence-corrected chi connectivity index (χ2v) is 7.96. The number of aryl methyl sites for hydroxylation is 1. The van der Waals surface area contributed by atoms with Crippen molar-refractivity contribution in [2.45, 2.75) is 26.2 Å². The molecule has 2 aromatic heterocycles. The Morgan fingerprint density at radius 1 is 1.15 bits per heavy atom. The topological polar surface area (TPSA) is 49.3 Å². The lowest BCUT2D eigenvalue weighted by Gasteiger charge is -2.39. The van der Waals surface area contributed by atoms with Gasteiger partial charge in [-0.25, -0.2) is 9.97 Å². The minimum Gasteiger partial charge on any atom is -0.354 e. The Balaban J connectivity index is 1.61.